The third kappa shape index (κ3) is 1.77. The lowest BCUT2D eigenvalue weighted by Crippen LogP contribution is -1.94. The summed E-state index contributed by atoms with van der Waals surface area (Å²) >= 11 is 1.63. The molecule has 2 heterocycles. The SMILES string of the molecule is Cc1sc(CN)nc1-c1ccc2c(c1)OCO2. The average molecular weight is 248 g/mol. The Bertz CT molecular complexity index is 566. The molecule has 0 saturated heterocycles. The molecule has 2 aromatic rings. The molecular formula is C12H12N2O2S. The number of benzene rings is 1. The number of thiazole rings is 1. The van der Waals surface area contributed by atoms with Crippen molar-refractivity contribution in [3.63, 3.8) is 0 Å². The summed E-state index contributed by atoms with van der Waals surface area (Å²) in [7, 11) is 0. The van der Waals surface area contributed by atoms with Gasteiger partial charge in [0.25, 0.3) is 0 Å². The summed E-state index contributed by atoms with van der Waals surface area (Å²) < 4.78 is 10.6. The van der Waals surface area contributed by atoms with E-state index in [-0.39, 0.29) is 0 Å². The van der Waals surface area contributed by atoms with Gasteiger partial charge >= 0.3 is 0 Å². The van der Waals surface area contributed by atoms with E-state index in [1.807, 2.05) is 18.2 Å². The van der Waals surface area contributed by atoms with E-state index in [9.17, 15) is 0 Å². The smallest absolute Gasteiger partial charge is 0.231 e. The molecule has 4 nitrogen and oxygen atoms in total. The second-order valence-corrected chi connectivity index (χ2v) is 5.07. The predicted octanol–water partition coefficient (Wildman–Crippen LogP) is 2.31. The van der Waals surface area contributed by atoms with Crippen LogP contribution in [0.1, 0.15) is 9.88 Å². The Balaban J connectivity index is 2.06. The fraction of sp³-hybridized carbons (Fsp3) is 0.250. The van der Waals surface area contributed by atoms with Crippen LogP contribution in [0.3, 0.4) is 0 Å². The van der Waals surface area contributed by atoms with Gasteiger partial charge in [-0.2, -0.15) is 0 Å². The molecule has 5 heteroatoms. The van der Waals surface area contributed by atoms with E-state index in [4.69, 9.17) is 15.2 Å². The first-order valence-corrected chi connectivity index (χ1v) is 6.16. The van der Waals surface area contributed by atoms with E-state index >= 15 is 0 Å². The fourth-order valence-electron chi connectivity index (χ4n) is 1.85. The number of hydrogen-bond donors (Lipinski definition) is 1. The summed E-state index contributed by atoms with van der Waals surface area (Å²) in [4.78, 5) is 5.69. The maximum Gasteiger partial charge on any atom is 0.231 e. The van der Waals surface area contributed by atoms with Gasteiger partial charge in [-0.15, -0.1) is 11.3 Å². The first-order chi connectivity index (χ1) is 8.28. The molecule has 0 amide bonds. The minimum Gasteiger partial charge on any atom is -0.454 e. The molecule has 1 aliphatic heterocycles. The van der Waals surface area contributed by atoms with Crippen molar-refractivity contribution in [3.8, 4) is 22.8 Å². The van der Waals surface area contributed by atoms with E-state index in [1.54, 1.807) is 11.3 Å². The van der Waals surface area contributed by atoms with Crippen LogP contribution in [0.25, 0.3) is 11.3 Å². The molecule has 0 radical (unpaired) electrons. The van der Waals surface area contributed by atoms with E-state index in [0.717, 1.165) is 27.8 Å². The van der Waals surface area contributed by atoms with Gasteiger partial charge in [-0.25, -0.2) is 4.98 Å². The lowest BCUT2D eigenvalue weighted by Gasteiger charge is -2.01. The van der Waals surface area contributed by atoms with Crippen LogP contribution in [0.15, 0.2) is 18.2 Å². The minimum atomic E-state index is 0.295. The van der Waals surface area contributed by atoms with Gasteiger partial charge in [0.05, 0.1) is 5.69 Å². The Hall–Kier alpha value is -1.59. The highest BCUT2D eigenvalue weighted by atomic mass is 32.1. The van der Waals surface area contributed by atoms with Gasteiger partial charge in [0, 0.05) is 17.0 Å². The van der Waals surface area contributed by atoms with Gasteiger partial charge in [0.2, 0.25) is 6.79 Å². The molecule has 0 aliphatic carbocycles. The van der Waals surface area contributed by atoms with Crippen LogP contribution in [0.4, 0.5) is 0 Å². The summed E-state index contributed by atoms with van der Waals surface area (Å²) in [5.41, 5.74) is 7.63. The summed E-state index contributed by atoms with van der Waals surface area (Å²) in [6.45, 7) is 2.83. The average Bonchev–Trinajstić information content (AvgIpc) is 2.93. The van der Waals surface area contributed by atoms with Gasteiger partial charge < -0.3 is 15.2 Å². The summed E-state index contributed by atoms with van der Waals surface area (Å²) in [6.07, 6.45) is 0. The number of rotatable bonds is 2. The molecule has 3 rings (SSSR count). The molecule has 88 valence electrons. The van der Waals surface area contributed by atoms with E-state index in [0.29, 0.717) is 13.3 Å². The van der Waals surface area contributed by atoms with Crippen LogP contribution in [-0.4, -0.2) is 11.8 Å². The molecular weight excluding hydrogens is 236 g/mol. The summed E-state index contributed by atoms with van der Waals surface area (Å²) in [6, 6.07) is 5.87. The van der Waals surface area contributed by atoms with Crippen LogP contribution in [0, 0.1) is 6.92 Å². The Labute approximate surface area is 103 Å². The van der Waals surface area contributed by atoms with Crippen molar-refractivity contribution in [1.29, 1.82) is 0 Å². The van der Waals surface area contributed by atoms with Crippen molar-refractivity contribution in [3.05, 3.63) is 28.1 Å². The topological polar surface area (TPSA) is 57.4 Å². The highest BCUT2D eigenvalue weighted by Crippen LogP contribution is 2.37. The number of nitrogens with two attached hydrogens (primary N) is 1. The summed E-state index contributed by atoms with van der Waals surface area (Å²) in [5.74, 6) is 1.57. The maximum atomic E-state index is 5.60. The minimum absolute atomic E-state index is 0.295. The van der Waals surface area contributed by atoms with Crippen LogP contribution >= 0.6 is 11.3 Å². The van der Waals surface area contributed by atoms with E-state index in [1.165, 1.54) is 4.88 Å². The maximum absolute atomic E-state index is 5.60. The zero-order chi connectivity index (χ0) is 11.8. The number of fused-ring (bicyclic) bond motifs is 1. The number of aromatic nitrogens is 1. The van der Waals surface area contributed by atoms with Crippen LogP contribution in [-0.2, 0) is 6.54 Å². The van der Waals surface area contributed by atoms with Gasteiger partial charge in [-0.05, 0) is 25.1 Å². The molecule has 1 aromatic heterocycles. The van der Waals surface area contributed by atoms with Crippen molar-refractivity contribution in [2.45, 2.75) is 13.5 Å². The van der Waals surface area contributed by atoms with Crippen molar-refractivity contribution >= 4 is 11.3 Å². The van der Waals surface area contributed by atoms with Gasteiger partial charge in [-0.3, -0.25) is 0 Å². The Morgan fingerprint density at radius 2 is 2.18 bits per heavy atom. The zero-order valence-corrected chi connectivity index (χ0v) is 10.2. The zero-order valence-electron chi connectivity index (χ0n) is 9.40. The van der Waals surface area contributed by atoms with Crippen molar-refractivity contribution in [2.24, 2.45) is 5.73 Å². The third-order valence-electron chi connectivity index (χ3n) is 2.66. The highest BCUT2D eigenvalue weighted by molar-refractivity contribution is 7.12. The van der Waals surface area contributed by atoms with Crippen molar-refractivity contribution < 1.29 is 9.47 Å². The molecule has 0 spiro atoms. The molecule has 0 unspecified atom stereocenters. The van der Waals surface area contributed by atoms with Crippen LogP contribution in [0.5, 0.6) is 11.5 Å². The number of hydrogen-bond acceptors (Lipinski definition) is 5. The molecule has 1 aromatic carbocycles. The molecule has 0 fully saturated rings. The van der Waals surface area contributed by atoms with E-state index < -0.39 is 0 Å². The fourth-order valence-corrected chi connectivity index (χ4v) is 2.68. The highest BCUT2D eigenvalue weighted by Gasteiger charge is 2.16. The summed E-state index contributed by atoms with van der Waals surface area (Å²) in [5, 5.41) is 0.954. The largest absolute Gasteiger partial charge is 0.454 e. The third-order valence-corrected chi connectivity index (χ3v) is 3.65. The van der Waals surface area contributed by atoms with E-state index in [2.05, 4.69) is 11.9 Å². The Morgan fingerprint density at radius 1 is 1.35 bits per heavy atom. The van der Waals surface area contributed by atoms with Gasteiger partial charge in [0.1, 0.15) is 5.01 Å². The normalized spacial score (nSPS) is 13.1. The molecule has 0 bridgehead atoms. The van der Waals surface area contributed by atoms with Crippen molar-refractivity contribution in [2.75, 3.05) is 6.79 Å². The molecule has 17 heavy (non-hydrogen) atoms. The predicted molar refractivity (Wildman–Crippen MR) is 66.3 cm³/mol. The lowest BCUT2D eigenvalue weighted by atomic mass is 10.1. The Morgan fingerprint density at radius 3 is 2.94 bits per heavy atom. The quantitative estimate of drug-likeness (QED) is 0.886. The van der Waals surface area contributed by atoms with Gasteiger partial charge in [-0.1, -0.05) is 0 Å². The Kier molecular flexibility index (Phi) is 2.49. The lowest BCUT2D eigenvalue weighted by molar-refractivity contribution is 0.174. The van der Waals surface area contributed by atoms with Crippen molar-refractivity contribution in [1.82, 2.24) is 4.98 Å². The standard InChI is InChI=1S/C12H12N2O2S/c1-7-12(14-11(5-13)17-7)8-2-3-9-10(4-8)16-6-15-9/h2-4H,5-6,13H2,1H3. The first-order valence-electron chi connectivity index (χ1n) is 5.34. The van der Waals surface area contributed by atoms with Crippen LogP contribution in [0.2, 0.25) is 0 Å². The number of nitrogens with zero attached hydrogens (tertiary/aromatic N) is 1. The van der Waals surface area contributed by atoms with Gasteiger partial charge in [0.15, 0.2) is 11.5 Å². The second-order valence-electron chi connectivity index (χ2n) is 3.78. The monoisotopic (exact) mass is 248 g/mol. The number of ether oxygens (including phenoxy) is 2. The molecule has 0 atom stereocenters. The molecule has 0 saturated carbocycles. The molecule has 1 aliphatic rings. The number of aryl methyl sites for hydroxylation is 1. The first kappa shape index (κ1) is 10.6. The molecule has 2 N–H and O–H groups in total. The van der Waals surface area contributed by atoms with Crippen LogP contribution < -0.4 is 15.2 Å². The second kappa shape index (κ2) is 4.01.